The number of methoxy groups -OCH3 is 1. The molecule has 1 aliphatic rings. The molecule has 0 unspecified atom stereocenters. The summed E-state index contributed by atoms with van der Waals surface area (Å²) in [6.45, 7) is 7.77. The number of carbonyl (C=O) groups excluding carboxylic acids is 1. The molecule has 1 amide bonds. The Morgan fingerprint density at radius 3 is 1.98 bits per heavy atom. The molecule has 220 valence electrons. The van der Waals surface area contributed by atoms with Crippen molar-refractivity contribution in [2.24, 2.45) is 7.05 Å². The SMILES string of the molecule is COc1ccccc1N1CCN(Cc2ccc(CN(Cc3ccccc3)C(C)=O)n2C)CC1.O=C(O)CCC(=O)O. The predicted molar refractivity (Wildman–Crippen MR) is 157 cm³/mol. The summed E-state index contributed by atoms with van der Waals surface area (Å²) in [5.74, 6) is -1.13. The second-order valence-electron chi connectivity index (χ2n) is 9.96. The van der Waals surface area contributed by atoms with Gasteiger partial charge in [0.15, 0.2) is 0 Å². The number of carbonyl (C=O) groups is 3. The number of nitrogens with zero attached hydrogens (tertiary/aromatic N) is 4. The van der Waals surface area contributed by atoms with Crippen LogP contribution in [0.5, 0.6) is 5.75 Å². The van der Waals surface area contributed by atoms with Crippen molar-refractivity contribution in [3.63, 3.8) is 0 Å². The molecular weight excluding hydrogens is 524 g/mol. The highest BCUT2D eigenvalue weighted by molar-refractivity contribution is 5.75. The number of carboxylic acids is 2. The summed E-state index contributed by atoms with van der Waals surface area (Å²) >= 11 is 0. The molecule has 10 heteroatoms. The standard InChI is InChI=1S/C27H34N4O2.C4H6O4/c1-22(32)31(19-23-9-5-4-6-10-23)21-25-14-13-24(28(25)2)20-29-15-17-30(18-16-29)26-11-7-8-12-27(26)33-3;5-3(6)1-2-4(7)8/h4-14H,15-21H2,1-3H3;1-2H2,(H,5,6)(H,7,8). The molecule has 0 bridgehead atoms. The Morgan fingerprint density at radius 1 is 0.805 bits per heavy atom. The van der Waals surface area contributed by atoms with Crippen molar-refractivity contribution in [2.45, 2.75) is 39.4 Å². The third kappa shape index (κ3) is 9.68. The second-order valence-corrected chi connectivity index (χ2v) is 9.96. The van der Waals surface area contributed by atoms with E-state index in [4.69, 9.17) is 14.9 Å². The maximum absolute atomic E-state index is 12.3. The molecule has 0 aliphatic carbocycles. The number of benzene rings is 2. The third-order valence-electron chi connectivity index (χ3n) is 7.08. The number of anilines is 1. The molecule has 2 N–H and O–H groups in total. The minimum atomic E-state index is -1.08. The molecule has 0 radical (unpaired) electrons. The normalized spacial score (nSPS) is 13.2. The molecule has 41 heavy (non-hydrogen) atoms. The summed E-state index contributed by atoms with van der Waals surface area (Å²) in [4.78, 5) is 38.4. The van der Waals surface area contributed by atoms with Gasteiger partial charge in [-0.15, -0.1) is 0 Å². The van der Waals surface area contributed by atoms with Crippen LogP contribution in [0.2, 0.25) is 0 Å². The van der Waals surface area contributed by atoms with E-state index >= 15 is 0 Å². The van der Waals surface area contributed by atoms with E-state index in [9.17, 15) is 14.4 Å². The molecule has 1 saturated heterocycles. The zero-order valence-electron chi connectivity index (χ0n) is 24.0. The zero-order valence-corrected chi connectivity index (χ0v) is 24.0. The molecule has 1 aliphatic heterocycles. The molecular formula is C31H40N4O6. The van der Waals surface area contributed by atoms with Crippen molar-refractivity contribution in [1.82, 2.24) is 14.4 Å². The molecule has 1 aromatic heterocycles. The summed E-state index contributed by atoms with van der Waals surface area (Å²) in [6.07, 6.45) is -0.593. The lowest BCUT2D eigenvalue weighted by molar-refractivity contribution is -0.143. The lowest BCUT2D eigenvalue weighted by Crippen LogP contribution is -2.46. The Morgan fingerprint density at radius 2 is 1.39 bits per heavy atom. The fraction of sp³-hybridized carbons (Fsp3) is 0.387. The topological polar surface area (TPSA) is 116 Å². The molecule has 0 saturated carbocycles. The summed E-state index contributed by atoms with van der Waals surface area (Å²) < 4.78 is 7.78. The van der Waals surface area contributed by atoms with Gasteiger partial charge in [0, 0.05) is 64.6 Å². The van der Waals surface area contributed by atoms with Gasteiger partial charge in [-0.25, -0.2) is 0 Å². The quantitative estimate of drug-likeness (QED) is 0.361. The number of hydrogen-bond acceptors (Lipinski definition) is 6. The van der Waals surface area contributed by atoms with E-state index in [1.165, 1.54) is 11.4 Å². The van der Waals surface area contributed by atoms with E-state index < -0.39 is 11.9 Å². The van der Waals surface area contributed by atoms with Crippen LogP contribution in [0, 0.1) is 0 Å². The number of aliphatic carboxylic acids is 2. The molecule has 4 rings (SSSR count). The van der Waals surface area contributed by atoms with E-state index in [1.807, 2.05) is 35.2 Å². The van der Waals surface area contributed by atoms with Crippen LogP contribution in [0.25, 0.3) is 0 Å². The maximum atomic E-state index is 12.3. The van der Waals surface area contributed by atoms with Crippen molar-refractivity contribution in [3.05, 3.63) is 83.7 Å². The molecule has 0 spiro atoms. The lowest BCUT2D eigenvalue weighted by atomic mass is 10.2. The van der Waals surface area contributed by atoms with E-state index in [0.717, 1.165) is 49.7 Å². The van der Waals surface area contributed by atoms with Crippen molar-refractivity contribution in [3.8, 4) is 5.75 Å². The summed E-state index contributed by atoms with van der Waals surface area (Å²) in [5.41, 5.74) is 4.75. The Kier molecular flexibility index (Phi) is 11.8. The smallest absolute Gasteiger partial charge is 0.303 e. The van der Waals surface area contributed by atoms with Gasteiger partial charge >= 0.3 is 11.9 Å². The third-order valence-corrected chi connectivity index (χ3v) is 7.08. The molecule has 2 aromatic carbocycles. The molecule has 1 fully saturated rings. The van der Waals surface area contributed by atoms with Crippen LogP contribution in [0.15, 0.2) is 66.7 Å². The van der Waals surface area contributed by atoms with Crippen molar-refractivity contribution in [1.29, 1.82) is 0 Å². The number of amides is 1. The largest absolute Gasteiger partial charge is 0.495 e. The van der Waals surface area contributed by atoms with Crippen LogP contribution in [0.3, 0.4) is 0 Å². The highest BCUT2D eigenvalue weighted by Gasteiger charge is 2.21. The van der Waals surface area contributed by atoms with Gasteiger partial charge in [-0.1, -0.05) is 42.5 Å². The van der Waals surface area contributed by atoms with Crippen LogP contribution < -0.4 is 9.64 Å². The predicted octanol–water partition coefficient (Wildman–Crippen LogP) is 3.84. The van der Waals surface area contributed by atoms with Gasteiger partial charge in [-0.3, -0.25) is 19.3 Å². The zero-order chi connectivity index (χ0) is 29.8. The van der Waals surface area contributed by atoms with Gasteiger partial charge in [0.25, 0.3) is 0 Å². The first-order valence-corrected chi connectivity index (χ1v) is 13.6. The number of para-hydroxylation sites is 2. The second kappa shape index (κ2) is 15.5. The van der Waals surface area contributed by atoms with E-state index in [0.29, 0.717) is 13.1 Å². The first-order valence-electron chi connectivity index (χ1n) is 13.6. The fourth-order valence-electron chi connectivity index (χ4n) is 4.68. The number of piperazine rings is 1. The number of carboxylic acid groups (broad SMARTS) is 2. The average molecular weight is 565 g/mol. The van der Waals surface area contributed by atoms with Gasteiger partial charge in [0.1, 0.15) is 5.75 Å². The van der Waals surface area contributed by atoms with Crippen molar-refractivity contribution < 1.29 is 29.3 Å². The van der Waals surface area contributed by atoms with Crippen LogP contribution >= 0.6 is 0 Å². The van der Waals surface area contributed by atoms with Crippen LogP contribution in [0.1, 0.15) is 36.7 Å². The number of hydrogen-bond donors (Lipinski definition) is 2. The van der Waals surface area contributed by atoms with Crippen LogP contribution in [-0.4, -0.2) is 75.7 Å². The molecule has 3 aromatic rings. The molecule has 2 heterocycles. The fourth-order valence-corrected chi connectivity index (χ4v) is 4.68. The monoisotopic (exact) mass is 564 g/mol. The first-order chi connectivity index (χ1) is 19.7. The summed E-state index contributed by atoms with van der Waals surface area (Å²) in [7, 11) is 3.84. The number of rotatable bonds is 11. The molecule has 0 atom stereocenters. The maximum Gasteiger partial charge on any atom is 0.303 e. The Hall–Kier alpha value is -4.31. The summed E-state index contributed by atoms with van der Waals surface area (Å²) in [6, 6.07) is 22.8. The van der Waals surface area contributed by atoms with Gasteiger partial charge < -0.3 is 29.3 Å². The van der Waals surface area contributed by atoms with Crippen LogP contribution in [0.4, 0.5) is 5.69 Å². The lowest BCUT2D eigenvalue weighted by Gasteiger charge is -2.36. The van der Waals surface area contributed by atoms with Gasteiger partial charge in [-0.05, 0) is 29.8 Å². The number of ether oxygens (including phenoxy) is 1. The first kappa shape index (κ1) is 31.2. The van der Waals surface area contributed by atoms with E-state index in [1.54, 1.807) is 14.0 Å². The Balaban J connectivity index is 0.000000507. The highest BCUT2D eigenvalue weighted by Crippen LogP contribution is 2.28. The van der Waals surface area contributed by atoms with Gasteiger partial charge in [0.2, 0.25) is 5.91 Å². The Labute approximate surface area is 241 Å². The van der Waals surface area contributed by atoms with E-state index in [-0.39, 0.29) is 18.7 Å². The van der Waals surface area contributed by atoms with Gasteiger partial charge in [0.05, 0.1) is 32.2 Å². The molecule has 10 nitrogen and oxygen atoms in total. The Bertz CT molecular complexity index is 1270. The minimum absolute atomic E-state index is 0.0917. The van der Waals surface area contributed by atoms with E-state index in [2.05, 4.69) is 57.8 Å². The summed E-state index contributed by atoms with van der Waals surface area (Å²) in [5, 5.41) is 15.8. The van der Waals surface area contributed by atoms with Crippen molar-refractivity contribution in [2.75, 3.05) is 38.2 Å². The average Bonchev–Trinajstić information content (AvgIpc) is 3.31. The number of aromatic nitrogens is 1. The van der Waals surface area contributed by atoms with Gasteiger partial charge in [-0.2, -0.15) is 0 Å². The minimum Gasteiger partial charge on any atom is -0.495 e. The van der Waals surface area contributed by atoms with Crippen molar-refractivity contribution >= 4 is 23.5 Å². The van der Waals surface area contributed by atoms with Crippen LogP contribution in [-0.2, 0) is 41.1 Å². The highest BCUT2D eigenvalue weighted by atomic mass is 16.5.